The number of methoxy groups -OCH3 is 1. The number of likely N-dealkylation sites (tertiary alicyclic amines) is 1. The maximum absolute atomic E-state index is 12.3. The summed E-state index contributed by atoms with van der Waals surface area (Å²) in [5.74, 6) is 0.215. The zero-order valence-corrected chi connectivity index (χ0v) is 11.9. The highest BCUT2D eigenvalue weighted by molar-refractivity contribution is 5.77. The largest absolute Gasteiger partial charge is 0.384 e. The zero-order chi connectivity index (χ0) is 13.7. The lowest BCUT2D eigenvalue weighted by molar-refractivity contribution is -0.136. The highest BCUT2D eigenvalue weighted by atomic mass is 16.5. The predicted octanol–water partition coefficient (Wildman–Crippen LogP) is 3.09. The lowest BCUT2D eigenvalue weighted by Gasteiger charge is -2.36. The summed E-state index contributed by atoms with van der Waals surface area (Å²) >= 11 is 0. The van der Waals surface area contributed by atoms with E-state index in [1.165, 1.54) is 17.5 Å². The number of carbonyl (C=O) groups is 1. The van der Waals surface area contributed by atoms with E-state index in [4.69, 9.17) is 4.74 Å². The molecule has 0 bridgehead atoms. The number of piperidine rings is 1. The SMILES string of the molecule is COCCC(=O)N1CCCC[C@H]1c1ccc(C)cc1. The van der Waals surface area contributed by atoms with Gasteiger partial charge in [-0.15, -0.1) is 0 Å². The van der Waals surface area contributed by atoms with E-state index in [2.05, 4.69) is 31.2 Å². The molecule has 104 valence electrons. The number of benzene rings is 1. The normalized spacial score (nSPS) is 19.5. The van der Waals surface area contributed by atoms with Crippen molar-refractivity contribution in [3.05, 3.63) is 35.4 Å². The summed E-state index contributed by atoms with van der Waals surface area (Å²) in [7, 11) is 1.64. The number of hydrogen-bond acceptors (Lipinski definition) is 2. The van der Waals surface area contributed by atoms with Gasteiger partial charge in [0.05, 0.1) is 19.1 Å². The minimum Gasteiger partial charge on any atom is -0.384 e. The second-order valence-electron chi connectivity index (χ2n) is 5.25. The van der Waals surface area contributed by atoms with Gasteiger partial charge in [-0.25, -0.2) is 0 Å². The van der Waals surface area contributed by atoms with Crippen molar-refractivity contribution in [3.8, 4) is 0 Å². The Hall–Kier alpha value is -1.35. The van der Waals surface area contributed by atoms with Gasteiger partial charge in [0.2, 0.25) is 5.91 Å². The molecular weight excluding hydrogens is 238 g/mol. The molecule has 1 fully saturated rings. The molecule has 0 N–H and O–H groups in total. The topological polar surface area (TPSA) is 29.5 Å². The highest BCUT2D eigenvalue weighted by Gasteiger charge is 2.27. The Morgan fingerprint density at radius 1 is 1.32 bits per heavy atom. The van der Waals surface area contributed by atoms with Crippen molar-refractivity contribution in [1.82, 2.24) is 4.90 Å². The van der Waals surface area contributed by atoms with E-state index in [-0.39, 0.29) is 11.9 Å². The van der Waals surface area contributed by atoms with E-state index >= 15 is 0 Å². The molecule has 1 amide bonds. The standard InChI is InChI=1S/C16H23NO2/c1-13-6-8-14(9-7-13)15-5-3-4-11-17(15)16(18)10-12-19-2/h6-9,15H,3-5,10-12H2,1-2H3/t15-/m0/s1. The van der Waals surface area contributed by atoms with Crippen LogP contribution in [-0.4, -0.2) is 31.1 Å². The fourth-order valence-electron chi connectivity index (χ4n) is 2.70. The van der Waals surface area contributed by atoms with Crippen LogP contribution in [-0.2, 0) is 9.53 Å². The van der Waals surface area contributed by atoms with Gasteiger partial charge >= 0.3 is 0 Å². The fourth-order valence-corrected chi connectivity index (χ4v) is 2.70. The van der Waals surface area contributed by atoms with Crippen LogP contribution >= 0.6 is 0 Å². The zero-order valence-electron chi connectivity index (χ0n) is 11.9. The number of nitrogens with zero attached hydrogens (tertiary/aromatic N) is 1. The molecule has 19 heavy (non-hydrogen) atoms. The molecule has 0 aliphatic carbocycles. The second-order valence-corrected chi connectivity index (χ2v) is 5.25. The van der Waals surface area contributed by atoms with Gasteiger partial charge < -0.3 is 9.64 Å². The fraction of sp³-hybridized carbons (Fsp3) is 0.562. The molecule has 1 heterocycles. The number of amides is 1. The summed E-state index contributed by atoms with van der Waals surface area (Å²) in [5, 5.41) is 0. The number of hydrogen-bond donors (Lipinski definition) is 0. The van der Waals surface area contributed by atoms with Crippen LogP contribution in [0.4, 0.5) is 0 Å². The molecule has 0 spiro atoms. The maximum Gasteiger partial charge on any atom is 0.225 e. The predicted molar refractivity (Wildman–Crippen MR) is 76.0 cm³/mol. The first-order chi connectivity index (χ1) is 9.22. The first-order valence-corrected chi connectivity index (χ1v) is 7.07. The van der Waals surface area contributed by atoms with Gasteiger partial charge in [0.25, 0.3) is 0 Å². The minimum atomic E-state index is 0.215. The molecule has 1 aromatic rings. The van der Waals surface area contributed by atoms with Gasteiger partial charge in [0.15, 0.2) is 0 Å². The number of rotatable bonds is 4. The van der Waals surface area contributed by atoms with Crippen LogP contribution in [0.3, 0.4) is 0 Å². The molecule has 3 nitrogen and oxygen atoms in total. The summed E-state index contributed by atoms with van der Waals surface area (Å²) < 4.78 is 5.01. The molecule has 3 heteroatoms. The van der Waals surface area contributed by atoms with Gasteiger partial charge in [0, 0.05) is 13.7 Å². The van der Waals surface area contributed by atoms with Gasteiger partial charge in [-0.3, -0.25) is 4.79 Å². The molecular formula is C16H23NO2. The Bertz CT molecular complexity index is 413. The van der Waals surface area contributed by atoms with E-state index in [0.29, 0.717) is 13.0 Å². The van der Waals surface area contributed by atoms with Crippen molar-refractivity contribution in [2.75, 3.05) is 20.3 Å². The average Bonchev–Trinajstić information content (AvgIpc) is 2.45. The van der Waals surface area contributed by atoms with Crippen LogP contribution in [0.2, 0.25) is 0 Å². The van der Waals surface area contributed by atoms with Crippen molar-refractivity contribution >= 4 is 5.91 Å². The third kappa shape index (κ3) is 3.57. The van der Waals surface area contributed by atoms with Crippen LogP contribution in [0.15, 0.2) is 24.3 Å². The molecule has 1 atom stereocenters. The van der Waals surface area contributed by atoms with Crippen LogP contribution in [0.25, 0.3) is 0 Å². The number of carbonyl (C=O) groups excluding carboxylic acids is 1. The highest BCUT2D eigenvalue weighted by Crippen LogP contribution is 2.31. The van der Waals surface area contributed by atoms with Crippen LogP contribution in [0.5, 0.6) is 0 Å². The second kappa shape index (κ2) is 6.71. The third-order valence-corrected chi connectivity index (χ3v) is 3.81. The number of aryl methyl sites for hydroxylation is 1. The van der Waals surface area contributed by atoms with Crippen LogP contribution in [0.1, 0.15) is 42.9 Å². The molecule has 1 aliphatic rings. The smallest absolute Gasteiger partial charge is 0.225 e. The van der Waals surface area contributed by atoms with E-state index in [9.17, 15) is 4.79 Å². The van der Waals surface area contributed by atoms with Gasteiger partial charge in [-0.1, -0.05) is 29.8 Å². The van der Waals surface area contributed by atoms with Gasteiger partial charge in [-0.2, -0.15) is 0 Å². The Balaban J connectivity index is 2.11. The van der Waals surface area contributed by atoms with E-state index in [1.54, 1.807) is 7.11 Å². The first kappa shape index (κ1) is 14.1. The average molecular weight is 261 g/mol. The lowest BCUT2D eigenvalue weighted by Crippen LogP contribution is -2.38. The Morgan fingerprint density at radius 3 is 2.74 bits per heavy atom. The van der Waals surface area contributed by atoms with Crippen molar-refractivity contribution in [2.45, 2.75) is 38.6 Å². The van der Waals surface area contributed by atoms with E-state index < -0.39 is 0 Å². The van der Waals surface area contributed by atoms with Gasteiger partial charge in [0.1, 0.15) is 0 Å². The van der Waals surface area contributed by atoms with Gasteiger partial charge in [-0.05, 0) is 31.7 Å². The summed E-state index contributed by atoms with van der Waals surface area (Å²) in [6.07, 6.45) is 3.87. The Morgan fingerprint density at radius 2 is 2.05 bits per heavy atom. The maximum atomic E-state index is 12.3. The summed E-state index contributed by atoms with van der Waals surface area (Å²) in [6, 6.07) is 8.81. The molecule has 2 rings (SSSR count). The van der Waals surface area contributed by atoms with E-state index in [0.717, 1.165) is 19.4 Å². The molecule has 0 aromatic heterocycles. The van der Waals surface area contributed by atoms with E-state index in [1.807, 2.05) is 4.90 Å². The summed E-state index contributed by atoms with van der Waals surface area (Å²) in [5.41, 5.74) is 2.52. The van der Waals surface area contributed by atoms with Crippen molar-refractivity contribution in [3.63, 3.8) is 0 Å². The monoisotopic (exact) mass is 261 g/mol. The molecule has 0 radical (unpaired) electrons. The summed E-state index contributed by atoms with van der Waals surface area (Å²) in [6.45, 7) is 3.48. The Labute approximate surface area is 115 Å². The third-order valence-electron chi connectivity index (χ3n) is 3.81. The van der Waals surface area contributed by atoms with Crippen molar-refractivity contribution < 1.29 is 9.53 Å². The molecule has 0 saturated carbocycles. The van der Waals surface area contributed by atoms with Crippen molar-refractivity contribution in [1.29, 1.82) is 0 Å². The Kier molecular flexibility index (Phi) is 4.97. The van der Waals surface area contributed by atoms with Crippen LogP contribution < -0.4 is 0 Å². The summed E-state index contributed by atoms with van der Waals surface area (Å²) in [4.78, 5) is 14.3. The first-order valence-electron chi connectivity index (χ1n) is 7.07. The molecule has 1 aromatic carbocycles. The quantitative estimate of drug-likeness (QED) is 0.833. The molecule has 1 aliphatic heterocycles. The minimum absolute atomic E-state index is 0.215. The number of ether oxygens (including phenoxy) is 1. The van der Waals surface area contributed by atoms with Crippen LogP contribution in [0, 0.1) is 6.92 Å². The molecule has 1 saturated heterocycles. The molecule has 0 unspecified atom stereocenters. The lowest BCUT2D eigenvalue weighted by atomic mass is 9.94. The van der Waals surface area contributed by atoms with Crippen molar-refractivity contribution in [2.24, 2.45) is 0 Å².